The van der Waals surface area contributed by atoms with Crippen LogP contribution in [-0.2, 0) is 22.9 Å². The van der Waals surface area contributed by atoms with Crippen LogP contribution in [0.1, 0.15) is 38.3 Å². The molecule has 1 aliphatic carbocycles. The third kappa shape index (κ3) is 6.43. The molecule has 0 fully saturated rings. The minimum absolute atomic E-state index is 0. The number of halogens is 2. The van der Waals surface area contributed by atoms with E-state index >= 15 is 0 Å². The third-order valence-corrected chi connectivity index (χ3v) is 14.0. The second-order valence-electron chi connectivity index (χ2n) is 7.23. The minimum Gasteiger partial charge on any atom is -0.147 e. The SMILES string of the molecule is Cc1cc([O][Ti]([C]2=CC=CC2)[SiH](C)C)cc(C(C)(C)C)c1.Cl.Cl. The molecule has 0 saturated heterocycles. The fraction of sp³-hybridized carbons (Fsp3) is 0.444. The van der Waals surface area contributed by atoms with Crippen molar-refractivity contribution in [1.82, 2.24) is 0 Å². The Balaban J connectivity index is 0.00000242. The van der Waals surface area contributed by atoms with Gasteiger partial charge < -0.3 is 0 Å². The van der Waals surface area contributed by atoms with Gasteiger partial charge in [0.25, 0.3) is 0 Å². The average Bonchev–Trinajstić information content (AvgIpc) is 2.87. The summed E-state index contributed by atoms with van der Waals surface area (Å²) in [6.07, 6.45) is 7.89. The van der Waals surface area contributed by atoms with Gasteiger partial charge in [0.2, 0.25) is 0 Å². The Kier molecular flexibility index (Phi) is 9.49. The topological polar surface area (TPSA) is 9.23 Å². The Morgan fingerprint density at radius 1 is 1.09 bits per heavy atom. The average molecular weight is 408 g/mol. The standard InChI is InChI=1S/C11H16O.C5H5.C2H7Si.2ClH.Ti/c1-8-5-9(11(2,3)4)7-10(12)6-8;1-2-4-5-3-1;1-3-2;;;/h5-7,12H,1-4H3;1-3H,4H2;3H,1-2H3;2*1H;/q;;;;;+1/p-1. The van der Waals surface area contributed by atoms with Gasteiger partial charge in [-0.1, -0.05) is 0 Å². The number of rotatable bonds is 4. The summed E-state index contributed by atoms with van der Waals surface area (Å²) >= 11 is -1.55. The maximum atomic E-state index is 6.60. The van der Waals surface area contributed by atoms with Gasteiger partial charge >= 0.3 is 137 Å². The first-order valence-electron chi connectivity index (χ1n) is 7.80. The van der Waals surface area contributed by atoms with Gasteiger partial charge in [0, 0.05) is 0 Å². The summed E-state index contributed by atoms with van der Waals surface area (Å²) in [4.78, 5) is 0. The normalized spacial score (nSPS) is 13.3. The van der Waals surface area contributed by atoms with Gasteiger partial charge in [-0.05, 0) is 0 Å². The van der Waals surface area contributed by atoms with Crippen molar-refractivity contribution in [3.05, 3.63) is 51.4 Å². The third-order valence-electron chi connectivity index (χ3n) is 3.76. The molecule has 0 atom stereocenters. The molecule has 1 aliphatic rings. The van der Waals surface area contributed by atoms with Gasteiger partial charge in [-0.25, -0.2) is 0 Å². The molecule has 0 N–H and O–H groups in total. The first-order chi connectivity index (χ1) is 9.77. The van der Waals surface area contributed by atoms with E-state index in [1.807, 2.05) is 0 Å². The van der Waals surface area contributed by atoms with Gasteiger partial charge in [0.05, 0.1) is 0 Å². The van der Waals surface area contributed by atoms with E-state index in [4.69, 9.17) is 3.32 Å². The van der Waals surface area contributed by atoms with Crippen LogP contribution in [0.15, 0.2) is 40.3 Å². The molecule has 1 aromatic rings. The van der Waals surface area contributed by atoms with Crippen LogP contribution in [0.4, 0.5) is 0 Å². The van der Waals surface area contributed by atoms with E-state index in [1.54, 1.807) is 3.88 Å². The molecule has 0 heterocycles. The zero-order valence-corrected chi connectivity index (χ0v) is 19.3. The molecule has 0 saturated carbocycles. The summed E-state index contributed by atoms with van der Waals surface area (Å²) in [6, 6.07) is 6.76. The minimum atomic E-state index is -1.55. The second kappa shape index (κ2) is 9.48. The maximum Gasteiger partial charge on any atom is -0.147 e. The largest absolute Gasteiger partial charge is 0.147 e. The van der Waals surface area contributed by atoms with Gasteiger partial charge in [0.15, 0.2) is 0 Å². The molecule has 23 heavy (non-hydrogen) atoms. The molecule has 0 amide bonds. The number of hydrogen-bond acceptors (Lipinski definition) is 1. The van der Waals surface area contributed by atoms with Crippen LogP contribution < -0.4 is 3.32 Å². The van der Waals surface area contributed by atoms with Crippen molar-refractivity contribution in [3.63, 3.8) is 0 Å². The molecule has 0 unspecified atom stereocenters. The Labute approximate surface area is 161 Å². The maximum absolute atomic E-state index is 6.60. The van der Waals surface area contributed by atoms with Crippen molar-refractivity contribution in [2.24, 2.45) is 0 Å². The van der Waals surface area contributed by atoms with Crippen molar-refractivity contribution in [2.75, 3.05) is 0 Å². The van der Waals surface area contributed by atoms with Crippen LogP contribution in [0, 0.1) is 6.92 Å². The van der Waals surface area contributed by atoms with Crippen molar-refractivity contribution in [3.8, 4) is 5.75 Å². The molecule has 1 nitrogen and oxygen atoms in total. The van der Waals surface area contributed by atoms with Gasteiger partial charge in [0.1, 0.15) is 0 Å². The summed E-state index contributed by atoms with van der Waals surface area (Å²) in [6.45, 7) is 13.1. The molecule has 2 rings (SSSR count). The first-order valence-corrected chi connectivity index (χ1v) is 14.8. The van der Waals surface area contributed by atoms with Crippen LogP contribution in [-0.4, -0.2) is 6.66 Å². The molecule has 0 aromatic heterocycles. The van der Waals surface area contributed by atoms with Crippen molar-refractivity contribution in [2.45, 2.75) is 52.6 Å². The summed E-state index contributed by atoms with van der Waals surface area (Å²) < 4.78 is 8.20. The van der Waals surface area contributed by atoms with Gasteiger partial charge in [-0.15, -0.1) is 24.8 Å². The van der Waals surface area contributed by atoms with Crippen LogP contribution in [0.2, 0.25) is 13.1 Å². The van der Waals surface area contributed by atoms with E-state index in [9.17, 15) is 0 Å². The van der Waals surface area contributed by atoms with Gasteiger partial charge in [-0.2, -0.15) is 0 Å². The monoisotopic (exact) mass is 407 g/mol. The molecule has 0 bridgehead atoms. The Hall–Kier alpha value is 0.0112. The van der Waals surface area contributed by atoms with E-state index < -0.39 is 24.2 Å². The Bertz CT molecular complexity index is 577. The molecule has 0 radical (unpaired) electrons. The van der Waals surface area contributed by atoms with Crippen LogP contribution in [0.25, 0.3) is 0 Å². The summed E-state index contributed by atoms with van der Waals surface area (Å²) in [5.41, 5.74) is 2.85. The number of hydrogen-bond donors (Lipinski definition) is 0. The van der Waals surface area contributed by atoms with E-state index in [-0.39, 0.29) is 30.2 Å². The zero-order valence-electron chi connectivity index (χ0n) is 15.0. The van der Waals surface area contributed by atoms with E-state index in [0.29, 0.717) is 0 Å². The number of aryl methyl sites for hydroxylation is 1. The van der Waals surface area contributed by atoms with Gasteiger partial charge in [-0.3, -0.25) is 0 Å². The Morgan fingerprint density at radius 3 is 2.22 bits per heavy atom. The van der Waals surface area contributed by atoms with Crippen LogP contribution in [0.3, 0.4) is 0 Å². The summed E-state index contributed by atoms with van der Waals surface area (Å²) in [5, 5.41) is 0. The molecular weight excluding hydrogens is 379 g/mol. The van der Waals surface area contributed by atoms with Crippen LogP contribution in [0.5, 0.6) is 5.75 Å². The molecule has 0 spiro atoms. The predicted molar refractivity (Wildman–Crippen MR) is 106 cm³/mol. The summed E-state index contributed by atoms with van der Waals surface area (Å²) in [7, 11) is 0. The Morgan fingerprint density at radius 2 is 1.74 bits per heavy atom. The van der Waals surface area contributed by atoms with Crippen molar-refractivity contribution in [1.29, 1.82) is 0 Å². The molecule has 5 heteroatoms. The smallest absolute Gasteiger partial charge is 0.147 e. The van der Waals surface area contributed by atoms with E-state index in [1.165, 1.54) is 11.1 Å². The zero-order chi connectivity index (χ0) is 15.6. The molecule has 1 aromatic carbocycles. The van der Waals surface area contributed by atoms with E-state index in [0.717, 1.165) is 12.2 Å². The fourth-order valence-corrected chi connectivity index (χ4v) is 11.2. The predicted octanol–water partition coefficient (Wildman–Crippen LogP) is 5.88. The fourth-order valence-electron chi connectivity index (χ4n) is 2.55. The summed E-state index contributed by atoms with van der Waals surface area (Å²) in [5.74, 6) is 1.10. The second-order valence-corrected chi connectivity index (χ2v) is 19.6. The van der Waals surface area contributed by atoms with Crippen molar-refractivity contribution < 1.29 is 20.8 Å². The first kappa shape index (κ1) is 23.0. The number of benzene rings is 1. The number of allylic oxidation sites excluding steroid dienone is 4. The molecular formula is C18H29Cl2OSiTi. The van der Waals surface area contributed by atoms with E-state index in [2.05, 4.69) is 77.2 Å². The van der Waals surface area contributed by atoms with Crippen LogP contribution >= 0.6 is 24.8 Å². The molecule has 0 aliphatic heterocycles. The van der Waals surface area contributed by atoms with Crippen molar-refractivity contribution >= 4 is 31.5 Å². The molecule has 129 valence electrons. The quantitative estimate of drug-likeness (QED) is 0.566.